The van der Waals surface area contributed by atoms with E-state index in [0.717, 1.165) is 19.4 Å². The third-order valence-corrected chi connectivity index (χ3v) is 3.13. The van der Waals surface area contributed by atoms with Crippen LogP contribution in [0.15, 0.2) is 12.2 Å². The molecule has 0 radical (unpaired) electrons. The summed E-state index contributed by atoms with van der Waals surface area (Å²) in [6.45, 7) is 4.91. The van der Waals surface area contributed by atoms with Crippen molar-refractivity contribution in [1.82, 2.24) is 5.32 Å². The molecule has 2 unspecified atom stereocenters. The lowest BCUT2D eigenvalue weighted by Crippen LogP contribution is -2.42. The molecule has 0 aromatic heterocycles. The van der Waals surface area contributed by atoms with Gasteiger partial charge in [0, 0.05) is 18.9 Å². The average molecular weight is 165 g/mol. The van der Waals surface area contributed by atoms with Gasteiger partial charge < -0.3 is 5.32 Å². The van der Waals surface area contributed by atoms with Crippen LogP contribution in [0.5, 0.6) is 0 Å². The molecule has 2 nitrogen and oxygen atoms in total. The predicted molar refractivity (Wildman–Crippen MR) is 47.6 cm³/mol. The van der Waals surface area contributed by atoms with Crippen LogP contribution in [-0.4, -0.2) is 12.5 Å². The zero-order valence-electron chi connectivity index (χ0n) is 7.31. The molecule has 12 heavy (non-hydrogen) atoms. The van der Waals surface area contributed by atoms with Crippen LogP contribution in [0.3, 0.4) is 0 Å². The maximum Gasteiger partial charge on any atom is 0.220 e. The van der Waals surface area contributed by atoms with Crippen LogP contribution < -0.4 is 5.32 Å². The third kappa shape index (κ3) is 1.26. The van der Waals surface area contributed by atoms with E-state index in [1.54, 1.807) is 0 Å². The molecule has 2 rings (SSSR count). The minimum Gasteiger partial charge on any atom is -0.355 e. The SMILES string of the molecule is C=C1CCCC2CC(=O)NCC12. The van der Waals surface area contributed by atoms with E-state index in [-0.39, 0.29) is 5.91 Å². The second kappa shape index (κ2) is 2.92. The van der Waals surface area contributed by atoms with Gasteiger partial charge in [0.1, 0.15) is 0 Å². The number of carbonyl (C=O) groups excluding carboxylic acids is 1. The van der Waals surface area contributed by atoms with E-state index in [1.807, 2.05) is 0 Å². The van der Waals surface area contributed by atoms with Crippen LogP contribution in [0.4, 0.5) is 0 Å². The fourth-order valence-corrected chi connectivity index (χ4v) is 2.40. The largest absolute Gasteiger partial charge is 0.355 e. The van der Waals surface area contributed by atoms with Crippen molar-refractivity contribution in [3.8, 4) is 0 Å². The van der Waals surface area contributed by atoms with E-state index in [9.17, 15) is 4.79 Å². The fourth-order valence-electron chi connectivity index (χ4n) is 2.40. The number of nitrogens with one attached hydrogen (secondary N) is 1. The fraction of sp³-hybridized carbons (Fsp3) is 0.700. The van der Waals surface area contributed by atoms with Gasteiger partial charge in [-0.25, -0.2) is 0 Å². The first-order valence-corrected chi connectivity index (χ1v) is 4.72. The van der Waals surface area contributed by atoms with Gasteiger partial charge in [0.05, 0.1) is 0 Å². The molecule has 2 atom stereocenters. The van der Waals surface area contributed by atoms with Crippen LogP contribution in [-0.2, 0) is 4.79 Å². The maximum absolute atomic E-state index is 11.1. The highest BCUT2D eigenvalue weighted by Gasteiger charge is 2.32. The summed E-state index contributed by atoms with van der Waals surface area (Å²) in [6, 6.07) is 0. The van der Waals surface area contributed by atoms with Gasteiger partial charge in [-0.3, -0.25) is 4.79 Å². The number of amides is 1. The van der Waals surface area contributed by atoms with Crippen LogP contribution in [0.25, 0.3) is 0 Å². The molecule has 1 aliphatic carbocycles. The lowest BCUT2D eigenvalue weighted by atomic mass is 9.73. The number of fused-ring (bicyclic) bond motifs is 1. The number of hydrogen-bond donors (Lipinski definition) is 1. The zero-order chi connectivity index (χ0) is 8.55. The van der Waals surface area contributed by atoms with Crippen molar-refractivity contribution in [2.24, 2.45) is 11.8 Å². The summed E-state index contributed by atoms with van der Waals surface area (Å²) in [6.07, 6.45) is 4.34. The van der Waals surface area contributed by atoms with E-state index in [2.05, 4.69) is 11.9 Å². The highest BCUT2D eigenvalue weighted by atomic mass is 16.1. The summed E-state index contributed by atoms with van der Waals surface area (Å²) >= 11 is 0. The molecule has 1 saturated heterocycles. The summed E-state index contributed by atoms with van der Waals surface area (Å²) in [5, 5.41) is 2.91. The first kappa shape index (κ1) is 7.84. The smallest absolute Gasteiger partial charge is 0.220 e. The normalized spacial score (nSPS) is 35.7. The molecule has 0 aromatic carbocycles. The summed E-state index contributed by atoms with van der Waals surface area (Å²) in [4.78, 5) is 11.1. The Balaban J connectivity index is 2.09. The van der Waals surface area contributed by atoms with Gasteiger partial charge in [-0.2, -0.15) is 0 Å². The molecule has 66 valence electrons. The van der Waals surface area contributed by atoms with E-state index in [4.69, 9.17) is 0 Å². The van der Waals surface area contributed by atoms with E-state index < -0.39 is 0 Å². The van der Waals surface area contributed by atoms with E-state index >= 15 is 0 Å². The van der Waals surface area contributed by atoms with E-state index in [0.29, 0.717) is 11.8 Å². The third-order valence-electron chi connectivity index (χ3n) is 3.13. The molecule has 1 heterocycles. The monoisotopic (exact) mass is 165 g/mol. The molecule has 1 aliphatic heterocycles. The molecular weight excluding hydrogens is 150 g/mol. The minimum absolute atomic E-state index is 0.228. The van der Waals surface area contributed by atoms with Gasteiger partial charge in [-0.15, -0.1) is 0 Å². The standard InChI is InChI=1S/C10H15NO/c1-7-3-2-4-8-5-10(12)11-6-9(7)8/h8-9H,1-6H2,(H,11,12). The lowest BCUT2D eigenvalue weighted by Gasteiger charge is -2.36. The molecule has 2 aliphatic rings. The van der Waals surface area contributed by atoms with Crippen molar-refractivity contribution in [3.63, 3.8) is 0 Å². The Morgan fingerprint density at radius 1 is 1.50 bits per heavy atom. The van der Waals surface area contributed by atoms with Gasteiger partial charge in [-0.05, 0) is 25.2 Å². The Morgan fingerprint density at radius 2 is 2.33 bits per heavy atom. The molecule has 0 aromatic rings. The summed E-state index contributed by atoms with van der Waals surface area (Å²) < 4.78 is 0. The Bertz CT molecular complexity index is 222. The van der Waals surface area contributed by atoms with Crippen molar-refractivity contribution in [2.45, 2.75) is 25.7 Å². The molecule has 0 bridgehead atoms. The number of piperidine rings is 1. The molecular formula is C10H15NO. The molecule has 1 amide bonds. The van der Waals surface area contributed by atoms with Crippen molar-refractivity contribution in [1.29, 1.82) is 0 Å². The van der Waals surface area contributed by atoms with Crippen LogP contribution in [0, 0.1) is 11.8 Å². The first-order valence-electron chi connectivity index (χ1n) is 4.72. The van der Waals surface area contributed by atoms with Crippen LogP contribution in [0.1, 0.15) is 25.7 Å². The second-order valence-corrected chi connectivity index (χ2v) is 3.93. The minimum atomic E-state index is 0.228. The Labute approximate surface area is 73.0 Å². The Morgan fingerprint density at radius 3 is 3.17 bits per heavy atom. The van der Waals surface area contributed by atoms with Gasteiger partial charge in [0.2, 0.25) is 5.91 Å². The molecule has 0 spiro atoms. The highest BCUT2D eigenvalue weighted by Crippen LogP contribution is 2.36. The van der Waals surface area contributed by atoms with E-state index in [1.165, 1.54) is 18.4 Å². The Hall–Kier alpha value is -0.790. The lowest BCUT2D eigenvalue weighted by molar-refractivity contribution is -0.124. The predicted octanol–water partition coefficient (Wildman–Crippen LogP) is 1.48. The number of hydrogen-bond acceptors (Lipinski definition) is 1. The molecule has 1 N–H and O–H groups in total. The number of carbonyl (C=O) groups is 1. The molecule has 2 heteroatoms. The zero-order valence-corrected chi connectivity index (χ0v) is 7.31. The van der Waals surface area contributed by atoms with Crippen LogP contribution >= 0.6 is 0 Å². The first-order chi connectivity index (χ1) is 5.77. The van der Waals surface area contributed by atoms with Gasteiger partial charge in [0.25, 0.3) is 0 Å². The van der Waals surface area contributed by atoms with Gasteiger partial charge in [-0.1, -0.05) is 12.2 Å². The summed E-state index contributed by atoms with van der Waals surface area (Å²) in [5.41, 5.74) is 1.35. The van der Waals surface area contributed by atoms with Crippen molar-refractivity contribution in [3.05, 3.63) is 12.2 Å². The quantitative estimate of drug-likeness (QED) is 0.541. The van der Waals surface area contributed by atoms with Gasteiger partial charge >= 0.3 is 0 Å². The second-order valence-electron chi connectivity index (χ2n) is 3.93. The summed E-state index contributed by atoms with van der Waals surface area (Å²) in [5.74, 6) is 1.40. The topological polar surface area (TPSA) is 29.1 Å². The highest BCUT2D eigenvalue weighted by molar-refractivity contribution is 5.77. The summed E-state index contributed by atoms with van der Waals surface area (Å²) in [7, 11) is 0. The number of rotatable bonds is 0. The van der Waals surface area contributed by atoms with Crippen molar-refractivity contribution < 1.29 is 4.79 Å². The maximum atomic E-state index is 11.1. The van der Waals surface area contributed by atoms with Crippen LogP contribution in [0.2, 0.25) is 0 Å². The Kier molecular flexibility index (Phi) is 1.91. The van der Waals surface area contributed by atoms with Crippen molar-refractivity contribution in [2.75, 3.05) is 6.54 Å². The molecule has 2 fully saturated rings. The molecule has 1 saturated carbocycles. The average Bonchev–Trinajstić information content (AvgIpc) is 2.04. The van der Waals surface area contributed by atoms with Crippen molar-refractivity contribution >= 4 is 5.91 Å². The van der Waals surface area contributed by atoms with Gasteiger partial charge in [0.15, 0.2) is 0 Å².